The Hall–Kier alpha value is -1.41. The topological polar surface area (TPSA) is 26.7 Å². The minimum atomic E-state index is -1.68. The molecule has 5 rings (SSSR count). The molecule has 0 bridgehead atoms. The molecule has 2 heterocycles. The van der Waals surface area contributed by atoms with Gasteiger partial charge in [-0.2, -0.15) is 0 Å². The number of rotatable bonds is 9. The van der Waals surface area contributed by atoms with Gasteiger partial charge in [0.15, 0.2) is 16.6 Å². The van der Waals surface area contributed by atoms with E-state index in [2.05, 4.69) is 79.3 Å². The molecule has 1 aliphatic carbocycles. The van der Waals surface area contributed by atoms with Crippen LogP contribution in [0.1, 0.15) is 32.1 Å². The van der Waals surface area contributed by atoms with Gasteiger partial charge in [-0.3, -0.25) is 0 Å². The molecule has 1 saturated heterocycles. The highest BCUT2D eigenvalue weighted by molar-refractivity contribution is 6.84. The van der Waals surface area contributed by atoms with E-state index in [-0.39, 0.29) is 0 Å². The number of hydrogen-bond acceptors (Lipinski definition) is 2. The zero-order valence-electron chi connectivity index (χ0n) is 20.3. The van der Waals surface area contributed by atoms with E-state index in [0.29, 0.717) is 12.2 Å². The average molecular weight is 466 g/mol. The lowest BCUT2D eigenvalue weighted by atomic mass is 9.88. The van der Waals surface area contributed by atoms with Gasteiger partial charge in [0.2, 0.25) is 0 Å². The van der Waals surface area contributed by atoms with Crippen LogP contribution < -0.4 is 0 Å². The summed E-state index contributed by atoms with van der Waals surface area (Å²) in [6.45, 7) is 10.9. The van der Waals surface area contributed by atoms with Gasteiger partial charge < -0.3 is 13.4 Å². The van der Waals surface area contributed by atoms with Crippen molar-refractivity contribution in [3.05, 3.63) is 48.5 Å². The molecule has 1 aromatic heterocycles. The SMILES string of the molecule is C[Si](C)(CCCn1c2ccccc2c2ccccc21)O[Si](C)(C)CCC1CCC2OC2C1. The maximum absolute atomic E-state index is 6.99. The van der Waals surface area contributed by atoms with Crippen LogP contribution in [0.5, 0.6) is 0 Å². The van der Waals surface area contributed by atoms with Gasteiger partial charge in [-0.1, -0.05) is 42.8 Å². The van der Waals surface area contributed by atoms with Crippen molar-refractivity contribution in [2.45, 2.75) is 89.1 Å². The molecule has 3 unspecified atom stereocenters. The van der Waals surface area contributed by atoms with Crippen LogP contribution in [-0.2, 0) is 15.4 Å². The smallest absolute Gasteiger partial charge is 0.173 e. The predicted molar refractivity (Wildman–Crippen MR) is 140 cm³/mol. The second kappa shape index (κ2) is 8.75. The van der Waals surface area contributed by atoms with Gasteiger partial charge in [0.1, 0.15) is 0 Å². The first-order chi connectivity index (χ1) is 15.3. The number of hydrogen-bond donors (Lipinski definition) is 0. The minimum absolute atomic E-state index is 0.603. The van der Waals surface area contributed by atoms with Crippen LogP contribution in [0.2, 0.25) is 38.3 Å². The monoisotopic (exact) mass is 465 g/mol. The summed E-state index contributed by atoms with van der Waals surface area (Å²) in [7, 11) is -3.30. The molecule has 3 aromatic rings. The van der Waals surface area contributed by atoms with Crippen LogP contribution >= 0.6 is 0 Å². The van der Waals surface area contributed by atoms with Gasteiger partial charge >= 0.3 is 0 Å². The molecule has 3 atom stereocenters. The van der Waals surface area contributed by atoms with Crippen LogP contribution in [0.3, 0.4) is 0 Å². The molecule has 2 aromatic carbocycles. The molecule has 5 heteroatoms. The number of nitrogens with zero attached hydrogens (tertiary/aromatic N) is 1. The minimum Gasteiger partial charge on any atom is -0.455 e. The standard InChI is InChI=1S/C27H39NO2Si2/c1-31(2,30-32(3,4)19-16-21-14-15-26-27(20-21)29-26)18-9-17-28-24-12-7-5-10-22(24)23-11-6-8-13-25(23)28/h5-8,10-13,21,26-27H,9,14-20H2,1-4H3. The largest absolute Gasteiger partial charge is 0.455 e. The van der Waals surface area contributed by atoms with Gasteiger partial charge in [0, 0.05) is 28.4 Å². The molecule has 0 N–H and O–H groups in total. The summed E-state index contributed by atoms with van der Waals surface area (Å²) in [4.78, 5) is 0. The van der Waals surface area contributed by atoms with Crippen molar-refractivity contribution in [3.8, 4) is 0 Å². The van der Waals surface area contributed by atoms with Crippen molar-refractivity contribution in [3.63, 3.8) is 0 Å². The fraction of sp³-hybridized carbons (Fsp3) is 0.556. The number of benzene rings is 2. The van der Waals surface area contributed by atoms with Crippen LogP contribution in [-0.4, -0.2) is 33.4 Å². The lowest BCUT2D eigenvalue weighted by Gasteiger charge is -2.35. The molecular weight excluding hydrogens is 426 g/mol. The summed E-state index contributed by atoms with van der Waals surface area (Å²) in [6, 6.07) is 20.2. The van der Waals surface area contributed by atoms with E-state index in [0.717, 1.165) is 12.5 Å². The lowest BCUT2D eigenvalue weighted by Crippen LogP contribution is -2.44. The number of fused-ring (bicyclic) bond motifs is 4. The molecule has 172 valence electrons. The second-order valence-corrected chi connectivity index (χ2v) is 20.2. The fourth-order valence-electron chi connectivity index (χ4n) is 6.06. The Kier molecular flexibility index (Phi) is 6.12. The third-order valence-electron chi connectivity index (χ3n) is 7.66. The first-order valence-electron chi connectivity index (χ1n) is 12.6. The van der Waals surface area contributed by atoms with E-state index >= 15 is 0 Å². The second-order valence-electron chi connectivity index (χ2n) is 11.3. The molecule has 1 aliphatic heterocycles. The Morgan fingerprint density at radius 1 is 0.844 bits per heavy atom. The van der Waals surface area contributed by atoms with Crippen LogP contribution in [0.4, 0.5) is 0 Å². The fourth-order valence-corrected chi connectivity index (χ4v) is 15.0. The first kappa shape index (κ1) is 22.4. The summed E-state index contributed by atoms with van der Waals surface area (Å²) in [6.07, 6.45) is 7.72. The molecule has 2 aliphatic rings. The van der Waals surface area contributed by atoms with E-state index in [4.69, 9.17) is 8.85 Å². The molecule has 32 heavy (non-hydrogen) atoms. The Morgan fingerprint density at radius 2 is 1.47 bits per heavy atom. The van der Waals surface area contributed by atoms with Crippen molar-refractivity contribution in [2.75, 3.05) is 0 Å². The van der Waals surface area contributed by atoms with Crippen molar-refractivity contribution < 1.29 is 8.85 Å². The number of ether oxygens (including phenoxy) is 1. The number of aryl methyl sites for hydroxylation is 1. The van der Waals surface area contributed by atoms with Gasteiger partial charge in [-0.15, -0.1) is 0 Å². The van der Waals surface area contributed by atoms with Crippen molar-refractivity contribution in [2.24, 2.45) is 5.92 Å². The van der Waals surface area contributed by atoms with E-state index in [1.54, 1.807) is 0 Å². The molecule has 2 fully saturated rings. The molecule has 0 amide bonds. The van der Waals surface area contributed by atoms with Gasteiger partial charge in [0.25, 0.3) is 0 Å². The zero-order chi connectivity index (χ0) is 22.3. The number of epoxide rings is 1. The molecule has 0 radical (unpaired) electrons. The van der Waals surface area contributed by atoms with Gasteiger partial charge in [0.05, 0.1) is 12.2 Å². The van der Waals surface area contributed by atoms with Gasteiger partial charge in [-0.25, -0.2) is 0 Å². The normalized spacial score (nSPS) is 23.6. The Balaban J connectivity index is 1.18. The Labute approximate surface area is 195 Å². The Morgan fingerprint density at radius 3 is 2.12 bits per heavy atom. The van der Waals surface area contributed by atoms with Crippen LogP contribution in [0.25, 0.3) is 21.8 Å². The van der Waals surface area contributed by atoms with Gasteiger partial charge in [-0.05, 0) is 82.0 Å². The lowest BCUT2D eigenvalue weighted by molar-refractivity contribution is 0.355. The zero-order valence-corrected chi connectivity index (χ0v) is 22.3. The number of aromatic nitrogens is 1. The first-order valence-corrected chi connectivity index (χ1v) is 18.9. The molecule has 0 spiro atoms. The Bertz CT molecular complexity index is 1040. The predicted octanol–water partition coefficient (Wildman–Crippen LogP) is 7.57. The maximum atomic E-state index is 6.99. The summed E-state index contributed by atoms with van der Waals surface area (Å²) in [5.74, 6) is 0.870. The average Bonchev–Trinajstić information content (AvgIpc) is 3.47. The highest BCUT2D eigenvalue weighted by atomic mass is 28.4. The molecule has 3 nitrogen and oxygen atoms in total. The summed E-state index contributed by atoms with van der Waals surface area (Å²) in [5.41, 5.74) is 2.72. The van der Waals surface area contributed by atoms with Crippen molar-refractivity contribution in [1.29, 1.82) is 0 Å². The number of para-hydroxylation sites is 2. The van der Waals surface area contributed by atoms with Crippen molar-refractivity contribution >= 4 is 38.4 Å². The molecular formula is C27H39NO2Si2. The third kappa shape index (κ3) is 4.91. The quantitative estimate of drug-likeness (QED) is 0.241. The summed E-state index contributed by atoms with van der Waals surface area (Å²) in [5, 5.41) is 2.74. The highest BCUT2D eigenvalue weighted by Crippen LogP contribution is 2.42. The molecule has 1 saturated carbocycles. The summed E-state index contributed by atoms with van der Waals surface area (Å²) >= 11 is 0. The van der Waals surface area contributed by atoms with E-state index < -0.39 is 16.6 Å². The van der Waals surface area contributed by atoms with E-state index in [1.165, 1.54) is 66.0 Å². The maximum Gasteiger partial charge on any atom is 0.173 e. The summed E-state index contributed by atoms with van der Waals surface area (Å²) < 4.78 is 15.2. The van der Waals surface area contributed by atoms with E-state index in [1.807, 2.05) is 0 Å². The highest BCUT2D eigenvalue weighted by Gasteiger charge is 2.44. The van der Waals surface area contributed by atoms with E-state index in [9.17, 15) is 0 Å². The van der Waals surface area contributed by atoms with Crippen LogP contribution in [0.15, 0.2) is 48.5 Å². The van der Waals surface area contributed by atoms with Crippen LogP contribution in [0, 0.1) is 5.92 Å². The van der Waals surface area contributed by atoms with Crippen molar-refractivity contribution in [1.82, 2.24) is 4.57 Å². The third-order valence-corrected chi connectivity index (χ3v) is 15.1.